The summed E-state index contributed by atoms with van der Waals surface area (Å²) in [6, 6.07) is 15.5. The van der Waals surface area contributed by atoms with Gasteiger partial charge in [0.1, 0.15) is 11.8 Å². The number of halogens is 1. The Morgan fingerprint density at radius 1 is 1.09 bits per heavy atom. The minimum Gasteiger partial charge on any atom is -0.497 e. The Balaban J connectivity index is 1.63. The molecule has 5 nitrogen and oxygen atoms in total. The molecule has 2 aromatic rings. The standard InChI is InChI=1S/C25H31BrN2O3S/c1-18(25(30)27-22-5-3-4-6-22)28(15-19-7-11-21(26)12-8-19)24(29)17-32-16-20-9-13-23(31-2)14-10-20/h7-14,18,22H,3-6,15-17H2,1-2H3,(H,27,30)/t18-/m1/s1. The Hall–Kier alpha value is -1.99. The number of hydrogen-bond acceptors (Lipinski definition) is 4. The summed E-state index contributed by atoms with van der Waals surface area (Å²) in [6.45, 7) is 2.24. The van der Waals surface area contributed by atoms with Crippen molar-refractivity contribution in [2.45, 2.75) is 57.0 Å². The fourth-order valence-corrected chi connectivity index (χ4v) is 4.96. The van der Waals surface area contributed by atoms with Gasteiger partial charge in [0.15, 0.2) is 0 Å². The molecule has 0 saturated heterocycles. The van der Waals surface area contributed by atoms with Crippen LogP contribution in [0.15, 0.2) is 53.0 Å². The van der Waals surface area contributed by atoms with Crippen molar-refractivity contribution in [3.05, 3.63) is 64.1 Å². The molecular weight excluding hydrogens is 488 g/mol. The number of carbonyl (C=O) groups excluding carboxylic acids is 2. The van der Waals surface area contributed by atoms with Gasteiger partial charge in [-0.15, -0.1) is 11.8 Å². The normalized spacial score (nSPS) is 14.7. The van der Waals surface area contributed by atoms with E-state index in [0.29, 0.717) is 12.3 Å². The molecule has 1 fully saturated rings. The van der Waals surface area contributed by atoms with E-state index < -0.39 is 6.04 Å². The van der Waals surface area contributed by atoms with Crippen LogP contribution in [0.5, 0.6) is 5.75 Å². The van der Waals surface area contributed by atoms with E-state index in [1.54, 1.807) is 23.8 Å². The second kappa shape index (κ2) is 12.3. The molecule has 1 atom stereocenters. The Bertz CT molecular complexity index is 883. The van der Waals surface area contributed by atoms with E-state index in [1.807, 2.05) is 55.5 Å². The van der Waals surface area contributed by atoms with E-state index in [4.69, 9.17) is 4.74 Å². The average Bonchev–Trinajstić information content (AvgIpc) is 3.31. The Labute approximate surface area is 203 Å². The van der Waals surface area contributed by atoms with Crippen LogP contribution in [0.1, 0.15) is 43.7 Å². The van der Waals surface area contributed by atoms with E-state index >= 15 is 0 Å². The van der Waals surface area contributed by atoms with Crippen LogP contribution in [-0.2, 0) is 21.9 Å². The summed E-state index contributed by atoms with van der Waals surface area (Å²) in [6.07, 6.45) is 4.36. The smallest absolute Gasteiger partial charge is 0.242 e. The van der Waals surface area contributed by atoms with Crippen molar-refractivity contribution in [1.82, 2.24) is 10.2 Å². The quantitative estimate of drug-likeness (QED) is 0.471. The van der Waals surface area contributed by atoms with Crippen LogP contribution in [0, 0.1) is 0 Å². The molecule has 0 heterocycles. The zero-order valence-electron chi connectivity index (χ0n) is 18.7. The summed E-state index contributed by atoms with van der Waals surface area (Å²) in [5.41, 5.74) is 2.14. The first-order valence-electron chi connectivity index (χ1n) is 11.0. The number of carbonyl (C=O) groups is 2. The van der Waals surface area contributed by atoms with Crippen molar-refractivity contribution in [2.24, 2.45) is 0 Å². The van der Waals surface area contributed by atoms with Crippen LogP contribution in [0.2, 0.25) is 0 Å². The largest absolute Gasteiger partial charge is 0.497 e. The van der Waals surface area contributed by atoms with Crippen LogP contribution in [0.25, 0.3) is 0 Å². The average molecular weight is 520 g/mol. The Morgan fingerprint density at radius 3 is 2.34 bits per heavy atom. The number of benzene rings is 2. The van der Waals surface area contributed by atoms with Crippen molar-refractivity contribution >= 4 is 39.5 Å². The second-order valence-corrected chi connectivity index (χ2v) is 10.1. The van der Waals surface area contributed by atoms with Gasteiger partial charge in [0.2, 0.25) is 11.8 Å². The van der Waals surface area contributed by atoms with E-state index in [1.165, 1.54) is 0 Å². The molecular formula is C25H31BrN2O3S. The fourth-order valence-electron chi connectivity index (χ4n) is 3.82. The summed E-state index contributed by atoms with van der Waals surface area (Å²) >= 11 is 5.01. The topological polar surface area (TPSA) is 58.6 Å². The molecule has 172 valence electrons. The third-order valence-corrected chi connectivity index (χ3v) is 7.31. The zero-order chi connectivity index (χ0) is 22.9. The molecule has 1 N–H and O–H groups in total. The van der Waals surface area contributed by atoms with E-state index in [-0.39, 0.29) is 17.9 Å². The lowest BCUT2D eigenvalue weighted by Crippen LogP contribution is -2.50. The number of nitrogens with one attached hydrogen (secondary N) is 1. The van der Waals surface area contributed by atoms with Gasteiger partial charge < -0.3 is 15.0 Å². The van der Waals surface area contributed by atoms with Crippen LogP contribution in [-0.4, -0.2) is 41.7 Å². The third-order valence-electron chi connectivity index (χ3n) is 5.79. The summed E-state index contributed by atoms with van der Waals surface area (Å²) in [7, 11) is 1.65. The van der Waals surface area contributed by atoms with Crippen molar-refractivity contribution in [3.8, 4) is 5.75 Å². The molecule has 3 rings (SSSR count). The van der Waals surface area contributed by atoms with Crippen molar-refractivity contribution < 1.29 is 14.3 Å². The highest BCUT2D eigenvalue weighted by molar-refractivity contribution is 9.10. The highest BCUT2D eigenvalue weighted by atomic mass is 79.9. The number of methoxy groups -OCH3 is 1. The van der Waals surface area contributed by atoms with Gasteiger partial charge in [0, 0.05) is 22.8 Å². The van der Waals surface area contributed by atoms with E-state index in [9.17, 15) is 9.59 Å². The molecule has 32 heavy (non-hydrogen) atoms. The Kier molecular flexibility index (Phi) is 9.48. The van der Waals surface area contributed by atoms with Gasteiger partial charge in [-0.2, -0.15) is 0 Å². The molecule has 0 aliphatic heterocycles. The number of hydrogen-bond donors (Lipinski definition) is 1. The van der Waals surface area contributed by atoms with E-state index in [0.717, 1.165) is 52.8 Å². The second-order valence-electron chi connectivity index (χ2n) is 8.15. The first-order valence-corrected chi connectivity index (χ1v) is 13.0. The SMILES string of the molecule is COc1ccc(CSCC(=O)N(Cc2ccc(Br)cc2)[C@H](C)C(=O)NC2CCCC2)cc1. The minimum atomic E-state index is -0.520. The van der Waals surface area contributed by atoms with Crippen molar-refractivity contribution in [1.29, 1.82) is 0 Å². The van der Waals surface area contributed by atoms with Crippen molar-refractivity contribution in [3.63, 3.8) is 0 Å². The number of ether oxygens (including phenoxy) is 1. The summed E-state index contributed by atoms with van der Waals surface area (Å²) in [5, 5.41) is 3.14. The molecule has 2 amide bonds. The molecule has 1 aliphatic carbocycles. The van der Waals surface area contributed by atoms with Crippen LogP contribution in [0.4, 0.5) is 0 Å². The minimum absolute atomic E-state index is 0.0273. The molecule has 1 saturated carbocycles. The fraction of sp³-hybridized carbons (Fsp3) is 0.440. The number of rotatable bonds is 10. The predicted octanol–water partition coefficient (Wildman–Crippen LogP) is 5.17. The Morgan fingerprint density at radius 2 is 1.72 bits per heavy atom. The first kappa shape index (κ1) is 24.6. The van der Waals surface area contributed by atoms with Gasteiger partial charge >= 0.3 is 0 Å². The molecule has 0 spiro atoms. The summed E-state index contributed by atoms with van der Waals surface area (Å²) in [4.78, 5) is 27.8. The maximum Gasteiger partial charge on any atom is 0.242 e. The highest BCUT2D eigenvalue weighted by Gasteiger charge is 2.28. The van der Waals surface area contributed by atoms with Crippen LogP contribution >= 0.6 is 27.7 Å². The molecule has 2 aromatic carbocycles. The molecule has 0 aromatic heterocycles. The van der Waals surface area contributed by atoms with Gasteiger partial charge in [-0.25, -0.2) is 0 Å². The first-order chi connectivity index (χ1) is 15.5. The van der Waals surface area contributed by atoms with Gasteiger partial charge in [0.05, 0.1) is 12.9 Å². The lowest BCUT2D eigenvalue weighted by Gasteiger charge is -2.29. The summed E-state index contributed by atoms with van der Waals surface area (Å²) < 4.78 is 6.18. The number of amides is 2. The van der Waals surface area contributed by atoms with Gasteiger partial charge in [-0.05, 0) is 55.2 Å². The lowest BCUT2D eigenvalue weighted by molar-refractivity contribution is -0.138. The van der Waals surface area contributed by atoms with Gasteiger partial charge in [0.25, 0.3) is 0 Å². The highest BCUT2D eigenvalue weighted by Crippen LogP contribution is 2.21. The number of nitrogens with zero attached hydrogens (tertiary/aromatic N) is 1. The lowest BCUT2D eigenvalue weighted by atomic mass is 10.1. The maximum atomic E-state index is 13.2. The van der Waals surface area contributed by atoms with Gasteiger partial charge in [-0.1, -0.05) is 53.0 Å². The molecule has 0 bridgehead atoms. The molecule has 0 radical (unpaired) electrons. The molecule has 1 aliphatic rings. The molecule has 0 unspecified atom stereocenters. The molecule has 7 heteroatoms. The third kappa shape index (κ3) is 7.27. The van der Waals surface area contributed by atoms with Gasteiger partial charge in [-0.3, -0.25) is 9.59 Å². The van der Waals surface area contributed by atoms with E-state index in [2.05, 4.69) is 21.2 Å². The predicted molar refractivity (Wildman–Crippen MR) is 134 cm³/mol. The monoisotopic (exact) mass is 518 g/mol. The zero-order valence-corrected chi connectivity index (χ0v) is 21.1. The number of thioether (sulfide) groups is 1. The van der Waals surface area contributed by atoms with Crippen LogP contribution in [0.3, 0.4) is 0 Å². The van der Waals surface area contributed by atoms with Crippen molar-refractivity contribution in [2.75, 3.05) is 12.9 Å². The maximum absolute atomic E-state index is 13.2. The summed E-state index contributed by atoms with van der Waals surface area (Å²) in [5.74, 6) is 1.77. The van der Waals surface area contributed by atoms with Crippen LogP contribution < -0.4 is 10.1 Å².